The lowest BCUT2D eigenvalue weighted by molar-refractivity contribution is -0.267. The van der Waals surface area contributed by atoms with E-state index in [0.29, 0.717) is 19.4 Å². The summed E-state index contributed by atoms with van der Waals surface area (Å²) >= 11 is 0. The number of carbonyl (C=O) groups is 3. The average molecular weight is 313 g/mol. The molecule has 0 aliphatic carbocycles. The summed E-state index contributed by atoms with van der Waals surface area (Å²) in [5.41, 5.74) is -0.637. The predicted octanol–water partition coefficient (Wildman–Crippen LogP) is 1.01. The number of ketones is 1. The highest BCUT2D eigenvalue weighted by Gasteiger charge is 2.37. The van der Waals surface area contributed by atoms with Crippen molar-refractivity contribution in [2.75, 3.05) is 13.1 Å². The van der Waals surface area contributed by atoms with Crippen molar-refractivity contribution in [1.82, 2.24) is 9.80 Å². The monoisotopic (exact) mass is 313 g/mol. The van der Waals surface area contributed by atoms with Crippen LogP contribution < -0.4 is 5.11 Å². The Balaban J connectivity index is 2.75. The number of ether oxygens (including phenoxy) is 1. The molecule has 0 aromatic carbocycles. The zero-order valence-corrected chi connectivity index (χ0v) is 13.9. The minimum Gasteiger partial charge on any atom is -0.530 e. The van der Waals surface area contributed by atoms with Crippen LogP contribution in [0.15, 0.2) is 0 Å². The molecule has 0 saturated carbocycles. The van der Waals surface area contributed by atoms with E-state index < -0.39 is 23.8 Å². The molecule has 0 unspecified atom stereocenters. The van der Waals surface area contributed by atoms with Crippen molar-refractivity contribution >= 4 is 18.0 Å². The van der Waals surface area contributed by atoms with E-state index in [0.717, 1.165) is 4.90 Å². The van der Waals surface area contributed by atoms with Gasteiger partial charge in [0.15, 0.2) is 5.78 Å². The van der Waals surface area contributed by atoms with Gasteiger partial charge < -0.3 is 19.5 Å². The second-order valence-electron chi connectivity index (χ2n) is 6.79. The first-order valence-corrected chi connectivity index (χ1v) is 7.53. The lowest BCUT2D eigenvalue weighted by Gasteiger charge is -2.32. The average Bonchev–Trinajstić information content (AvgIpc) is 2.81. The van der Waals surface area contributed by atoms with Crippen LogP contribution >= 0.6 is 0 Å². The number of carboxylic acid groups (broad SMARTS) is 1. The molecule has 1 rings (SSSR count). The molecule has 1 atom stereocenters. The third-order valence-corrected chi connectivity index (χ3v) is 3.44. The Hall–Kier alpha value is -1.79. The maximum Gasteiger partial charge on any atom is 0.410 e. The molecule has 1 aliphatic rings. The molecular weight excluding hydrogens is 288 g/mol. The van der Waals surface area contributed by atoms with Crippen molar-refractivity contribution < 1.29 is 24.2 Å². The summed E-state index contributed by atoms with van der Waals surface area (Å²) in [6, 6.07) is -0.985. The van der Waals surface area contributed by atoms with Crippen LogP contribution in [-0.2, 0) is 9.53 Å². The van der Waals surface area contributed by atoms with Crippen LogP contribution in [0, 0.1) is 0 Å². The van der Waals surface area contributed by atoms with E-state index in [9.17, 15) is 19.5 Å². The molecule has 0 N–H and O–H groups in total. The van der Waals surface area contributed by atoms with Gasteiger partial charge in [-0.05, 0) is 47.5 Å². The predicted molar refractivity (Wildman–Crippen MR) is 78.2 cm³/mol. The summed E-state index contributed by atoms with van der Waals surface area (Å²) < 4.78 is 5.29. The number of Topliss-reactive ketones (excluding diaryl/α,β-unsaturated/α-hetero) is 1. The second-order valence-corrected chi connectivity index (χ2v) is 6.79. The first kappa shape index (κ1) is 18.3. The summed E-state index contributed by atoms with van der Waals surface area (Å²) in [7, 11) is 0. The third kappa shape index (κ3) is 4.89. The highest BCUT2D eigenvalue weighted by atomic mass is 16.6. The summed E-state index contributed by atoms with van der Waals surface area (Å²) in [5.74, 6) is -0.304. The first-order chi connectivity index (χ1) is 10.0. The third-order valence-electron chi connectivity index (χ3n) is 3.44. The second kappa shape index (κ2) is 6.98. The SMILES string of the molecule is CC(C)N(CC(=O)[C@@H]1CCCN1C(=O)OC(C)(C)C)C(=O)[O-]. The van der Waals surface area contributed by atoms with Crippen LogP contribution in [0.25, 0.3) is 0 Å². The van der Waals surface area contributed by atoms with E-state index in [-0.39, 0.29) is 18.4 Å². The molecule has 1 aliphatic heterocycles. The number of likely N-dealkylation sites (tertiary alicyclic amines) is 1. The molecule has 1 heterocycles. The fourth-order valence-corrected chi connectivity index (χ4v) is 2.37. The van der Waals surface area contributed by atoms with Gasteiger partial charge in [0.2, 0.25) is 0 Å². The molecule has 1 saturated heterocycles. The van der Waals surface area contributed by atoms with Crippen LogP contribution in [0.5, 0.6) is 0 Å². The Morgan fingerprint density at radius 3 is 2.36 bits per heavy atom. The highest BCUT2D eigenvalue weighted by Crippen LogP contribution is 2.22. The van der Waals surface area contributed by atoms with Crippen molar-refractivity contribution in [3.8, 4) is 0 Å². The van der Waals surface area contributed by atoms with E-state index in [4.69, 9.17) is 4.74 Å². The molecule has 1 fully saturated rings. The molecule has 0 aromatic heterocycles. The largest absolute Gasteiger partial charge is 0.530 e. The molecule has 7 nitrogen and oxygen atoms in total. The van der Waals surface area contributed by atoms with Crippen molar-refractivity contribution in [1.29, 1.82) is 0 Å². The minimum absolute atomic E-state index is 0.274. The summed E-state index contributed by atoms with van der Waals surface area (Å²) in [4.78, 5) is 37.9. The van der Waals surface area contributed by atoms with Crippen molar-refractivity contribution in [3.63, 3.8) is 0 Å². The molecule has 126 valence electrons. The molecule has 0 bridgehead atoms. The zero-order valence-electron chi connectivity index (χ0n) is 13.9. The van der Waals surface area contributed by atoms with Crippen LogP contribution in [0.3, 0.4) is 0 Å². The van der Waals surface area contributed by atoms with Gasteiger partial charge in [-0.1, -0.05) is 0 Å². The first-order valence-electron chi connectivity index (χ1n) is 7.53. The summed E-state index contributed by atoms with van der Waals surface area (Å²) in [5, 5.41) is 11.1. The fourth-order valence-electron chi connectivity index (χ4n) is 2.37. The lowest BCUT2D eigenvalue weighted by atomic mass is 10.1. The number of amides is 2. The maximum atomic E-state index is 12.4. The smallest absolute Gasteiger partial charge is 0.410 e. The van der Waals surface area contributed by atoms with Gasteiger partial charge in [-0.3, -0.25) is 9.69 Å². The van der Waals surface area contributed by atoms with Crippen LogP contribution in [0.2, 0.25) is 0 Å². The fraction of sp³-hybridized carbons (Fsp3) is 0.800. The van der Waals surface area contributed by atoms with Crippen LogP contribution in [0.1, 0.15) is 47.5 Å². The van der Waals surface area contributed by atoms with Crippen LogP contribution in [-0.4, -0.2) is 58.5 Å². The maximum absolute atomic E-state index is 12.4. The molecule has 2 amide bonds. The summed E-state index contributed by atoms with van der Waals surface area (Å²) in [6.07, 6.45) is -0.697. The van der Waals surface area contributed by atoms with Crippen molar-refractivity contribution in [2.45, 2.75) is 65.1 Å². The Morgan fingerprint density at radius 1 is 1.32 bits per heavy atom. The highest BCUT2D eigenvalue weighted by molar-refractivity contribution is 5.91. The van der Waals surface area contributed by atoms with Crippen molar-refractivity contribution in [3.05, 3.63) is 0 Å². The van der Waals surface area contributed by atoms with Gasteiger partial charge in [0.1, 0.15) is 11.7 Å². The van der Waals surface area contributed by atoms with E-state index in [1.165, 1.54) is 4.90 Å². The molecular formula is C15H25N2O5-. The Labute approximate surface area is 131 Å². The number of rotatable bonds is 4. The van der Waals surface area contributed by atoms with E-state index in [1.54, 1.807) is 34.6 Å². The molecule has 0 spiro atoms. The van der Waals surface area contributed by atoms with Gasteiger partial charge in [0.25, 0.3) is 0 Å². The molecule has 7 heteroatoms. The Kier molecular flexibility index (Phi) is 5.79. The zero-order chi connectivity index (χ0) is 17.1. The van der Waals surface area contributed by atoms with Gasteiger partial charge >= 0.3 is 6.09 Å². The number of nitrogens with zero attached hydrogens (tertiary/aromatic N) is 2. The molecule has 0 radical (unpaired) electrons. The van der Waals surface area contributed by atoms with E-state index in [2.05, 4.69) is 0 Å². The lowest BCUT2D eigenvalue weighted by Crippen LogP contribution is -2.52. The molecule has 0 aromatic rings. The molecule has 22 heavy (non-hydrogen) atoms. The van der Waals surface area contributed by atoms with Gasteiger partial charge in [0, 0.05) is 12.6 Å². The van der Waals surface area contributed by atoms with Crippen molar-refractivity contribution in [2.24, 2.45) is 0 Å². The normalized spacial score (nSPS) is 18.5. The van der Waals surface area contributed by atoms with Gasteiger partial charge in [0.05, 0.1) is 12.6 Å². The van der Waals surface area contributed by atoms with Gasteiger partial charge in [-0.25, -0.2) is 4.79 Å². The summed E-state index contributed by atoms with van der Waals surface area (Å²) in [6.45, 7) is 8.78. The van der Waals surface area contributed by atoms with E-state index >= 15 is 0 Å². The standard InChI is InChI=1S/C15H26N2O5/c1-10(2)17(13(19)20)9-12(18)11-7-6-8-16(11)14(21)22-15(3,4)5/h10-11H,6-9H2,1-5H3,(H,19,20)/p-1/t11-/m0/s1. The quantitative estimate of drug-likeness (QED) is 0.772. The Bertz CT molecular complexity index is 442. The van der Waals surface area contributed by atoms with Crippen LogP contribution in [0.4, 0.5) is 9.59 Å². The minimum atomic E-state index is -1.38. The topological polar surface area (TPSA) is 90.0 Å². The number of hydrogen-bond donors (Lipinski definition) is 0. The Morgan fingerprint density at radius 2 is 1.91 bits per heavy atom. The van der Waals surface area contributed by atoms with E-state index in [1.807, 2.05) is 0 Å². The van der Waals surface area contributed by atoms with Gasteiger partial charge in [-0.2, -0.15) is 0 Å². The number of carbonyl (C=O) groups excluding carboxylic acids is 3. The van der Waals surface area contributed by atoms with Gasteiger partial charge in [-0.15, -0.1) is 0 Å². The number of hydrogen-bond acceptors (Lipinski definition) is 5.